The molecule has 0 spiro atoms. The van der Waals surface area contributed by atoms with Crippen LogP contribution in [0.25, 0.3) is 0 Å². The Balaban J connectivity index is 2.29. The molecule has 0 bridgehead atoms. The lowest BCUT2D eigenvalue weighted by Crippen LogP contribution is -2.54. The second-order valence-corrected chi connectivity index (χ2v) is 6.27. The first-order valence-corrected chi connectivity index (χ1v) is 7.70. The first-order valence-electron chi connectivity index (χ1n) is 6.23. The fourth-order valence-electron chi connectivity index (χ4n) is 1.87. The molecule has 3 amide bonds. The predicted molar refractivity (Wildman–Crippen MR) is 76.7 cm³/mol. The molecule has 8 nitrogen and oxygen atoms in total. The van der Waals surface area contributed by atoms with Crippen molar-refractivity contribution in [3.05, 3.63) is 24.3 Å². The Hall–Kier alpha value is -2.42. The van der Waals surface area contributed by atoms with Gasteiger partial charge in [0.1, 0.15) is 17.7 Å². The van der Waals surface area contributed by atoms with Crippen LogP contribution in [0.3, 0.4) is 0 Å². The van der Waals surface area contributed by atoms with E-state index in [1.54, 1.807) is 0 Å². The molecule has 0 saturated carbocycles. The van der Waals surface area contributed by atoms with Gasteiger partial charge in [0.15, 0.2) is 0 Å². The Morgan fingerprint density at radius 2 is 1.68 bits per heavy atom. The van der Waals surface area contributed by atoms with Crippen LogP contribution < -0.4 is 8.92 Å². The molecule has 2 rings (SSSR count). The molecule has 1 aliphatic heterocycles. The van der Waals surface area contributed by atoms with E-state index >= 15 is 0 Å². The van der Waals surface area contributed by atoms with Crippen LogP contribution in [0, 0.1) is 0 Å². The van der Waals surface area contributed by atoms with Crippen LogP contribution in [0.15, 0.2) is 24.3 Å². The number of benzene rings is 1. The van der Waals surface area contributed by atoms with E-state index in [0.29, 0.717) is 5.75 Å². The van der Waals surface area contributed by atoms with E-state index in [2.05, 4.69) is 0 Å². The average molecular weight is 327 g/mol. The minimum absolute atomic E-state index is 0.0456. The van der Waals surface area contributed by atoms with Gasteiger partial charge in [-0.1, -0.05) is 0 Å². The Morgan fingerprint density at radius 1 is 1.14 bits per heavy atom. The highest BCUT2D eigenvalue weighted by atomic mass is 32.2. The number of amides is 3. The van der Waals surface area contributed by atoms with E-state index in [0.717, 1.165) is 15.7 Å². The molecule has 0 aromatic heterocycles. The van der Waals surface area contributed by atoms with Crippen LogP contribution in [-0.4, -0.2) is 62.5 Å². The number of methoxy groups -OCH3 is 1. The van der Waals surface area contributed by atoms with Gasteiger partial charge >= 0.3 is 22.1 Å². The molecule has 22 heavy (non-hydrogen) atoms. The molecule has 1 unspecified atom stereocenters. The highest BCUT2D eigenvalue weighted by Gasteiger charge is 2.47. The lowest BCUT2D eigenvalue weighted by atomic mass is 10.3. The van der Waals surface area contributed by atoms with Crippen molar-refractivity contribution in [2.45, 2.75) is 5.25 Å². The van der Waals surface area contributed by atoms with Crippen molar-refractivity contribution in [3.63, 3.8) is 0 Å². The topological polar surface area (TPSA) is 93.0 Å². The predicted octanol–water partition coefficient (Wildman–Crippen LogP) is 0.0775. The number of carbonyl (C=O) groups is 2. The maximum absolute atomic E-state index is 12.2. The normalized spacial score (nSPS) is 19.0. The van der Waals surface area contributed by atoms with E-state index in [1.807, 2.05) is 0 Å². The smallest absolute Gasteiger partial charge is 0.497 e. The number of rotatable bonds is 4. The minimum atomic E-state index is -4.28. The van der Waals surface area contributed by atoms with Crippen LogP contribution in [-0.2, 0) is 14.9 Å². The number of imide groups is 1. The van der Waals surface area contributed by atoms with Crippen LogP contribution >= 0.6 is 0 Å². The van der Waals surface area contributed by atoms with Crippen LogP contribution in [0.5, 0.6) is 11.5 Å². The molecule has 1 atom stereocenters. The van der Waals surface area contributed by atoms with E-state index in [9.17, 15) is 18.0 Å². The Morgan fingerprint density at radius 3 is 2.23 bits per heavy atom. The van der Waals surface area contributed by atoms with Gasteiger partial charge in [-0.2, -0.15) is 18.1 Å². The van der Waals surface area contributed by atoms with Crippen molar-refractivity contribution in [2.75, 3.05) is 21.2 Å². The van der Waals surface area contributed by atoms with Crippen molar-refractivity contribution < 1.29 is 31.5 Å². The molecule has 0 N–H and O–H groups in total. The summed E-state index contributed by atoms with van der Waals surface area (Å²) >= 11 is 0. The summed E-state index contributed by atoms with van der Waals surface area (Å²) in [6.07, 6.45) is 1.02. The largest absolute Gasteiger partial charge is 0.500 e. The third-order valence-corrected chi connectivity index (χ3v) is 4.47. The highest BCUT2D eigenvalue weighted by molar-refractivity contribution is 7.89. The lowest BCUT2D eigenvalue weighted by Gasteiger charge is -2.19. The van der Waals surface area contributed by atoms with Gasteiger partial charge in [0.2, 0.25) is 0 Å². The first-order chi connectivity index (χ1) is 10.3. The molecule has 1 aromatic carbocycles. The molecule has 1 aliphatic rings. The second-order valence-electron chi connectivity index (χ2n) is 4.61. The van der Waals surface area contributed by atoms with Gasteiger partial charge in [0, 0.05) is 0 Å². The molecule has 9 heteroatoms. The number of nitrogens with zero attached hydrogens (tertiary/aromatic N) is 2. The molecule has 1 heterocycles. The van der Waals surface area contributed by atoms with Gasteiger partial charge in [0.05, 0.1) is 21.2 Å². The van der Waals surface area contributed by atoms with Gasteiger partial charge < -0.3 is 8.92 Å². The average Bonchev–Trinajstić information content (AvgIpc) is 2.49. The summed E-state index contributed by atoms with van der Waals surface area (Å²) in [7, 11) is -0.224. The van der Waals surface area contributed by atoms with Crippen molar-refractivity contribution in [2.24, 2.45) is 0 Å². The summed E-state index contributed by atoms with van der Waals surface area (Å²) in [5.41, 5.74) is 0. The summed E-state index contributed by atoms with van der Waals surface area (Å²) in [4.78, 5) is 24.3. The zero-order chi connectivity index (χ0) is 16.5. The van der Waals surface area contributed by atoms with Crippen molar-refractivity contribution in [1.82, 2.24) is 4.90 Å². The van der Waals surface area contributed by atoms with Gasteiger partial charge in [-0.15, -0.1) is 0 Å². The van der Waals surface area contributed by atoms with Crippen LogP contribution in [0.4, 0.5) is 4.79 Å². The molecule has 0 fully saturated rings. The summed E-state index contributed by atoms with van der Waals surface area (Å²) in [6.45, 7) is 0. The van der Waals surface area contributed by atoms with Crippen LogP contribution in [0.1, 0.15) is 0 Å². The fraction of sp³-hybridized carbons (Fsp3) is 0.308. The van der Waals surface area contributed by atoms with Gasteiger partial charge in [0.25, 0.3) is 5.25 Å². The third kappa shape index (κ3) is 2.93. The number of hydrogen-bond acceptors (Lipinski definition) is 6. The number of hydrogen-bond donors (Lipinski definition) is 0. The number of carbonyl (C=O) groups excluding carboxylic acids is 2. The van der Waals surface area contributed by atoms with Gasteiger partial charge in [-0.05, 0) is 24.3 Å². The van der Waals surface area contributed by atoms with Crippen molar-refractivity contribution in [1.29, 1.82) is 0 Å². The van der Waals surface area contributed by atoms with Crippen molar-refractivity contribution >= 4 is 28.3 Å². The van der Waals surface area contributed by atoms with Gasteiger partial charge in [-0.25, -0.2) is 9.37 Å². The van der Waals surface area contributed by atoms with Gasteiger partial charge in [-0.3, -0.25) is 0 Å². The van der Waals surface area contributed by atoms with E-state index in [1.165, 1.54) is 45.5 Å². The van der Waals surface area contributed by atoms with E-state index in [-0.39, 0.29) is 5.75 Å². The standard InChI is InChI=1S/C13H15N2O6S/c1-14-8-11(12(16)15(2)13(14)17)22(18,19)21-10-6-4-9(20-3)5-7-10/h4-8,11H,1-3H3/q+1. The van der Waals surface area contributed by atoms with E-state index in [4.69, 9.17) is 8.92 Å². The Kier molecular flexibility index (Phi) is 4.18. The fourth-order valence-corrected chi connectivity index (χ4v) is 3.09. The van der Waals surface area contributed by atoms with Crippen molar-refractivity contribution in [3.8, 4) is 11.5 Å². The quantitative estimate of drug-likeness (QED) is 0.574. The molecule has 1 aromatic rings. The maximum atomic E-state index is 12.2. The summed E-state index contributed by atoms with van der Waals surface area (Å²) in [5, 5.41) is -1.58. The number of ether oxygens (including phenoxy) is 1. The summed E-state index contributed by atoms with van der Waals surface area (Å²) < 4.78 is 35.4. The summed E-state index contributed by atoms with van der Waals surface area (Å²) in [5.74, 6) is -0.282. The highest BCUT2D eigenvalue weighted by Crippen LogP contribution is 2.20. The first kappa shape index (κ1) is 16.0. The van der Waals surface area contributed by atoms with Crippen LogP contribution in [0.2, 0.25) is 0 Å². The Labute approximate surface area is 127 Å². The Bertz CT molecular complexity index is 738. The molecule has 0 saturated heterocycles. The number of urea groups is 1. The zero-order valence-electron chi connectivity index (χ0n) is 12.2. The zero-order valence-corrected chi connectivity index (χ0v) is 13.0. The minimum Gasteiger partial charge on any atom is -0.497 e. The lowest BCUT2D eigenvalue weighted by molar-refractivity contribution is -0.399. The maximum Gasteiger partial charge on any atom is 0.500 e. The molecule has 0 aliphatic carbocycles. The molecular formula is C13H15N2O6S+. The monoisotopic (exact) mass is 327 g/mol. The van der Waals surface area contributed by atoms with E-state index < -0.39 is 27.3 Å². The molecule has 0 radical (unpaired) electrons. The molecule has 118 valence electrons. The third-order valence-electron chi connectivity index (χ3n) is 3.10. The second kappa shape index (κ2) is 5.76. The summed E-state index contributed by atoms with van der Waals surface area (Å²) in [6, 6.07) is 5.25. The SMILES string of the molecule is COc1ccc(OS(=O)(=O)C2C=[N+](C)C(=O)N(C)C2=O)cc1. The molecular weight excluding hydrogens is 312 g/mol.